The van der Waals surface area contributed by atoms with Gasteiger partial charge in [0, 0.05) is 42.1 Å². The third-order valence-corrected chi connectivity index (χ3v) is 4.48. The maximum atomic E-state index is 12.4. The third kappa shape index (κ3) is 5.84. The number of hydrogen-bond acceptors (Lipinski definition) is 3. The molecule has 0 saturated heterocycles. The highest BCUT2D eigenvalue weighted by Crippen LogP contribution is 2.18. The molecule has 0 atom stereocenters. The second-order valence-corrected chi connectivity index (χ2v) is 6.36. The second kappa shape index (κ2) is 10.4. The Hall–Kier alpha value is -2.82. The predicted octanol–water partition coefficient (Wildman–Crippen LogP) is 4.32. The fourth-order valence-electron chi connectivity index (χ4n) is 2.80. The van der Waals surface area contributed by atoms with Crippen LogP contribution in [-0.4, -0.2) is 31.4 Å². The summed E-state index contributed by atoms with van der Waals surface area (Å²) in [6, 6.07) is 14.5. The van der Waals surface area contributed by atoms with Crippen molar-refractivity contribution in [2.75, 3.05) is 29.9 Å². The molecule has 27 heavy (non-hydrogen) atoms. The molecule has 2 aromatic rings. The van der Waals surface area contributed by atoms with Crippen LogP contribution in [-0.2, 0) is 0 Å². The molecule has 2 N–H and O–H groups in total. The van der Waals surface area contributed by atoms with E-state index in [0.29, 0.717) is 17.7 Å². The van der Waals surface area contributed by atoms with E-state index in [0.717, 1.165) is 37.3 Å². The molecule has 0 radical (unpaired) electrons. The van der Waals surface area contributed by atoms with Crippen LogP contribution in [0.5, 0.6) is 0 Å². The highest BCUT2D eigenvalue weighted by Gasteiger charge is 2.09. The molecule has 2 aromatic carbocycles. The molecule has 0 aromatic heterocycles. The number of carbonyl (C=O) groups is 2. The predicted molar refractivity (Wildman–Crippen MR) is 112 cm³/mol. The van der Waals surface area contributed by atoms with Crippen molar-refractivity contribution < 1.29 is 9.59 Å². The van der Waals surface area contributed by atoms with Gasteiger partial charge in [0.05, 0.1) is 0 Å². The minimum Gasteiger partial charge on any atom is -0.372 e. The van der Waals surface area contributed by atoms with Crippen LogP contribution in [0.15, 0.2) is 48.5 Å². The highest BCUT2D eigenvalue weighted by molar-refractivity contribution is 6.05. The van der Waals surface area contributed by atoms with Crippen molar-refractivity contribution in [1.29, 1.82) is 0 Å². The van der Waals surface area contributed by atoms with Crippen molar-refractivity contribution in [3.05, 3.63) is 59.7 Å². The fraction of sp³-hybridized carbons (Fsp3) is 0.364. The second-order valence-electron chi connectivity index (χ2n) is 6.36. The largest absolute Gasteiger partial charge is 0.372 e. The Balaban J connectivity index is 1.96. The summed E-state index contributed by atoms with van der Waals surface area (Å²) < 4.78 is 0. The first-order valence-electron chi connectivity index (χ1n) is 9.63. The monoisotopic (exact) mass is 367 g/mol. The Bertz CT molecular complexity index is 735. The van der Waals surface area contributed by atoms with Crippen molar-refractivity contribution in [3.8, 4) is 0 Å². The maximum absolute atomic E-state index is 12.4. The number of carbonyl (C=O) groups excluding carboxylic acids is 2. The minimum absolute atomic E-state index is 0.109. The van der Waals surface area contributed by atoms with Gasteiger partial charge in [-0.2, -0.15) is 0 Å². The number of nitrogens with one attached hydrogen (secondary N) is 2. The van der Waals surface area contributed by atoms with E-state index >= 15 is 0 Å². The molecule has 144 valence electrons. The molecule has 5 heteroatoms. The molecule has 5 nitrogen and oxygen atoms in total. The third-order valence-electron chi connectivity index (χ3n) is 4.48. The number of benzene rings is 2. The van der Waals surface area contributed by atoms with E-state index in [1.165, 1.54) is 0 Å². The molecule has 0 fully saturated rings. The number of unbranched alkanes of at least 4 members (excludes halogenated alkanes) is 1. The smallest absolute Gasteiger partial charge is 0.255 e. The lowest BCUT2D eigenvalue weighted by Gasteiger charge is -2.21. The van der Waals surface area contributed by atoms with Gasteiger partial charge in [0.2, 0.25) is 0 Å². The molecule has 0 spiro atoms. The summed E-state index contributed by atoms with van der Waals surface area (Å²) >= 11 is 0. The molecule has 0 aliphatic carbocycles. The molecule has 0 heterocycles. The standard InChI is InChI=1S/C22H29N3O2/c1-4-7-16-23-21(26)17-8-10-18(11-9-17)22(27)24-19-12-14-20(15-13-19)25(5-2)6-3/h8-15H,4-7,16H2,1-3H3,(H,23,26)(H,24,27). The van der Waals surface area contributed by atoms with Gasteiger partial charge in [-0.1, -0.05) is 13.3 Å². The zero-order valence-corrected chi connectivity index (χ0v) is 16.4. The first kappa shape index (κ1) is 20.5. The van der Waals surface area contributed by atoms with Crippen LogP contribution in [0.1, 0.15) is 54.3 Å². The van der Waals surface area contributed by atoms with Gasteiger partial charge in [0.15, 0.2) is 0 Å². The Kier molecular flexibility index (Phi) is 7.86. The zero-order valence-electron chi connectivity index (χ0n) is 16.4. The SMILES string of the molecule is CCCCNC(=O)c1ccc(C(=O)Nc2ccc(N(CC)CC)cc2)cc1. The zero-order chi connectivity index (χ0) is 19.6. The lowest BCUT2D eigenvalue weighted by Crippen LogP contribution is -2.24. The Morgan fingerprint density at radius 3 is 1.89 bits per heavy atom. The average Bonchev–Trinajstić information content (AvgIpc) is 2.70. The molecule has 0 bridgehead atoms. The summed E-state index contributed by atoms with van der Waals surface area (Å²) in [5, 5.41) is 5.76. The number of hydrogen-bond donors (Lipinski definition) is 2. The topological polar surface area (TPSA) is 61.4 Å². The molecule has 2 amide bonds. The van der Waals surface area contributed by atoms with E-state index in [2.05, 4.69) is 36.3 Å². The Morgan fingerprint density at radius 2 is 1.37 bits per heavy atom. The molecule has 0 aliphatic rings. The maximum Gasteiger partial charge on any atom is 0.255 e. The van der Waals surface area contributed by atoms with E-state index < -0.39 is 0 Å². The lowest BCUT2D eigenvalue weighted by molar-refractivity contribution is 0.0951. The highest BCUT2D eigenvalue weighted by atomic mass is 16.2. The van der Waals surface area contributed by atoms with Gasteiger partial charge in [0.1, 0.15) is 0 Å². The Labute approximate surface area is 161 Å². The molecule has 0 saturated carbocycles. The normalized spacial score (nSPS) is 10.3. The first-order valence-corrected chi connectivity index (χ1v) is 9.63. The van der Waals surface area contributed by atoms with E-state index in [-0.39, 0.29) is 11.8 Å². The summed E-state index contributed by atoms with van der Waals surface area (Å²) in [6.07, 6.45) is 1.99. The van der Waals surface area contributed by atoms with E-state index in [1.807, 2.05) is 24.3 Å². The van der Waals surface area contributed by atoms with Crippen LogP contribution in [0.3, 0.4) is 0 Å². The number of nitrogens with zero attached hydrogens (tertiary/aromatic N) is 1. The van der Waals surface area contributed by atoms with Gasteiger partial charge in [-0.15, -0.1) is 0 Å². The van der Waals surface area contributed by atoms with Gasteiger partial charge < -0.3 is 15.5 Å². The number of amides is 2. The summed E-state index contributed by atoms with van der Waals surface area (Å²) in [6.45, 7) is 8.87. The van der Waals surface area contributed by atoms with E-state index in [4.69, 9.17) is 0 Å². The van der Waals surface area contributed by atoms with Gasteiger partial charge >= 0.3 is 0 Å². The fourth-order valence-corrected chi connectivity index (χ4v) is 2.80. The van der Waals surface area contributed by atoms with Crippen LogP contribution < -0.4 is 15.5 Å². The average molecular weight is 367 g/mol. The van der Waals surface area contributed by atoms with Crippen molar-refractivity contribution in [2.45, 2.75) is 33.6 Å². The van der Waals surface area contributed by atoms with Gasteiger partial charge in [0.25, 0.3) is 11.8 Å². The lowest BCUT2D eigenvalue weighted by atomic mass is 10.1. The van der Waals surface area contributed by atoms with Crippen molar-refractivity contribution in [1.82, 2.24) is 5.32 Å². The van der Waals surface area contributed by atoms with Crippen LogP contribution in [0.2, 0.25) is 0 Å². The number of rotatable bonds is 9. The van der Waals surface area contributed by atoms with Crippen LogP contribution in [0, 0.1) is 0 Å². The van der Waals surface area contributed by atoms with Gasteiger partial charge in [-0.05, 0) is 68.8 Å². The molecule has 0 unspecified atom stereocenters. The summed E-state index contributed by atoms with van der Waals surface area (Å²) in [5.74, 6) is -0.300. The van der Waals surface area contributed by atoms with Crippen LogP contribution in [0.4, 0.5) is 11.4 Å². The van der Waals surface area contributed by atoms with Crippen LogP contribution >= 0.6 is 0 Å². The van der Waals surface area contributed by atoms with Crippen molar-refractivity contribution in [2.24, 2.45) is 0 Å². The quantitative estimate of drug-likeness (QED) is 0.649. The summed E-state index contributed by atoms with van der Waals surface area (Å²) in [5.41, 5.74) is 2.97. The summed E-state index contributed by atoms with van der Waals surface area (Å²) in [7, 11) is 0. The molecular weight excluding hydrogens is 338 g/mol. The number of anilines is 2. The Morgan fingerprint density at radius 1 is 0.815 bits per heavy atom. The minimum atomic E-state index is -0.191. The molecule has 2 rings (SSSR count). The van der Waals surface area contributed by atoms with Gasteiger partial charge in [-0.3, -0.25) is 9.59 Å². The first-order chi connectivity index (χ1) is 13.1. The van der Waals surface area contributed by atoms with E-state index in [1.54, 1.807) is 24.3 Å². The van der Waals surface area contributed by atoms with Crippen molar-refractivity contribution in [3.63, 3.8) is 0 Å². The van der Waals surface area contributed by atoms with Gasteiger partial charge in [-0.25, -0.2) is 0 Å². The van der Waals surface area contributed by atoms with E-state index in [9.17, 15) is 9.59 Å². The summed E-state index contributed by atoms with van der Waals surface area (Å²) in [4.78, 5) is 26.7. The van der Waals surface area contributed by atoms with Crippen molar-refractivity contribution >= 4 is 23.2 Å². The molecule has 0 aliphatic heterocycles. The van der Waals surface area contributed by atoms with Crippen LogP contribution in [0.25, 0.3) is 0 Å². The molecular formula is C22H29N3O2.